The topological polar surface area (TPSA) is 63.3 Å². The summed E-state index contributed by atoms with van der Waals surface area (Å²) < 4.78 is 0. The molecule has 58 valence electrons. The highest BCUT2D eigenvalue weighted by molar-refractivity contribution is 5.72. The van der Waals surface area contributed by atoms with E-state index < -0.39 is 11.9 Å². The van der Waals surface area contributed by atoms with E-state index in [1.807, 2.05) is 13.0 Å². The molecule has 0 aromatic rings. The van der Waals surface area contributed by atoms with Crippen molar-refractivity contribution in [1.29, 1.82) is 0 Å². The van der Waals surface area contributed by atoms with Crippen LogP contribution >= 0.6 is 0 Å². The molecule has 3 N–H and O–H groups in total. The van der Waals surface area contributed by atoms with E-state index in [2.05, 4.69) is 0 Å². The quantitative estimate of drug-likeness (QED) is 0.567. The normalized spacial score (nSPS) is 13.8. The van der Waals surface area contributed by atoms with Gasteiger partial charge in [-0.25, -0.2) is 0 Å². The van der Waals surface area contributed by atoms with Crippen molar-refractivity contribution in [1.82, 2.24) is 0 Å². The van der Waals surface area contributed by atoms with Gasteiger partial charge in [0.25, 0.3) is 0 Å². The van der Waals surface area contributed by atoms with E-state index in [1.165, 1.54) is 0 Å². The number of hydrogen-bond donors (Lipinski definition) is 2. The van der Waals surface area contributed by atoms with Crippen LogP contribution in [0.15, 0.2) is 12.2 Å². The molecule has 3 heteroatoms. The molecule has 0 aliphatic rings. The largest absolute Gasteiger partial charge is 0.481 e. The van der Waals surface area contributed by atoms with Crippen molar-refractivity contribution in [3.05, 3.63) is 12.2 Å². The van der Waals surface area contributed by atoms with Crippen LogP contribution in [0.5, 0.6) is 0 Å². The predicted molar refractivity (Wildman–Crippen MR) is 39.6 cm³/mol. The molecule has 0 saturated heterocycles. The van der Waals surface area contributed by atoms with Gasteiger partial charge in [0.2, 0.25) is 0 Å². The Morgan fingerprint density at radius 3 is 2.70 bits per heavy atom. The van der Waals surface area contributed by atoms with Crippen LogP contribution in [0.4, 0.5) is 0 Å². The Morgan fingerprint density at radius 2 is 2.40 bits per heavy atom. The Morgan fingerprint density at radius 1 is 1.80 bits per heavy atom. The highest BCUT2D eigenvalue weighted by Gasteiger charge is 2.09. The Hall–Kier alpha value is -0.830. The third kappa shape index (κ3) is 3.25. The number of hydrogen-bond acceptors (Lipinski definition) is 2. The van der Waals surface area contributed by atoms with Crippen molar-refractivity contribution in [2.24, 2.45) is 11.7 Å². The van der Waals surface area contributed by atoms with Gasteiger partial charge in [-0.15, -0.1) is 0 Å². The smallest absolute Gasteiger partial charge is 0.311 e. The molecule has 0 amide bonds. The lowest BCUT2D eigenvalue weighted by molar-refractivity contribution is -0.139. The van der Waals surface area contributed by atoms with Crippen LogP contribution in [0.1, 0.15) is 13.3 Å². The molecule has 0 bridgehead atoms. The summed E-state index contributed by atoms with van der Waals surface area (Å²) in [5.74, 6) is -1.37. The summed E-state index contributed by atoms with van der Waals surface area (Å²) in [5, 5.41) is 8.47. The van der Waals surface area contributed by atoms with E-state index in [0.717, 1.165) is 6.42 Å². The van der Waals surface area contributed by atoms with Gasteiger partial charge in [0.15, 0.2) is 0 Å². The van der Waals surface area contributed by atoms with E-state index >= 15 is 0 Å². The van der Waals surface area contributed by atoms with Gasteiger partial charge in [-0.1, -0.05) is 19.1 Å². The molecule has 0 aliphatic carbocycles. The van der Waals surface area contributed by atoms with Crippen LogP contribution in [0.2, 0.25) is 0 Å². The molecule has 10 heavy (non-hydrogen) atoms. The molecule has 0 spiro atoms. The number of carboxylic acids is 1. The Balaban J connectivity index is 3.83. The number of allylic oxidation sites excluding steroid dienone is 1. The summed E-state index contributed by atoms with van der Waals surface area (Å²) in [6.45, 7) is 2.12. The Kier molecular flexibility index (Phi) is 4.58. The van der Waals surface area contributed by atoms with Gasteiger partial charge >= 0.3 is 5.97 Å². The number of carbonyl (C=O) groups is 1. The molecule has 0 saturated carbocycles. The first-order chi connectivity index (χ1) is 4.72. The van der Waals surface area contributed by atoms with Crippen LogP contribution in [-0.2, 0) is 4.79 Å². The molecule has 0 fully saturated rings. The first-order valence-electron chi connectivity index (χ1n) is 3.31. The summed E-state index contributed by atoms with van der Waals surface area (Å²) >= 11 is 0. The first kappa shape index (κ1) is 9.17. The van der Waals surface area contributed by atoms with Crippen LogP contribution < -0.4 is 5.73 Å². The second-order valence-electron chi connectivity index (χ2n) is 2.02. The van der Waals surface area contributed by atoms with Crippen molar-refractivity contribution < 1.29 is 9.90 Å². The third-order valence-corrected chi connectivity index (χ3v) is 1.18. The summed E-state index contributed by atoms with van der Waals surface area (Å²) in [5.41, 5.74) is 5.18. The second kappa shape index (κ2) is 4.99. The molecule has 1 unspecified atom stereocenters. The molecule has 0 aromatic heterocycles. The van der Waals surface area contributed by atoms with Crippen molar-refractivity contribution >= 4 is 5.97 Å². The van der Waals surface area contributed by atoms with E-state index in [0.29, 0.717) is 0 Å². The Bertz CT molecular complexity index is 132. The number of aliphatic carboxylic acids is 1. The summed E-state index contributed by atoms with van der Waals surface area (Å²) in [7, 11) is 0. The van der Waals surface area contributed by atoms with Gasteiger partial charge in [0, 0.05) is 6.54 Å². The van der Waals surface area contributed by atoms with Gasteiger partial charge in [-0.2, -0.15) is 0 Å². The zero-order valence-corrected chi connectivity index (χ0v) is 6.08. The lowest BCUT2D eigenvalue weighted by Gasteiger charge is -2.00. The average molecular weight is 143 g/mol. The standard InChI is InChI=1S/C7H13NO2/c1-2-3-4-6(5-8)7(9)10/h3-4,6H,2,5,8H2,1H3,(H,9,10). The molecular formula is C7H13NO2. The molecule has 1 atom stereocenters. The van der Waals surface area contributed by atoms with Gasteiger partial charge in [-0.3, -0.25) is 4.79 Å². The molecule has 0 heterocycles. The highest BCUT2D eigenvalue weighted by Crippen LogP contribution is 1.96. The van der Waals surface area contributed by atoms with Crippen molar-refractivity contribution in [2.45, 2.75) is 13.3 Å². The minimum Gasteiger partial charge on any atom is -0.481 e. The second-order valence-corrected chi connectivity index (χ2v) is 2.02. The highest BCUT2D eigenvalue weighted by atomic mass is 16.4. The third-order valence-electron chi connectivity index (χ3n) is 1.18. The zero-order valence-electron chi connectivity index (χ0n) is 6.08. The van der Waals surface area contributed by atoms with Crippen LogP contribution in [0.3, 0.4) is 0 Å². The van der Waals surface area contributed by atoms with E-state index in [4.69, 9.17) is 10.8 Å². The summed E-state index contributed by atoms with van der Waals surface area (Å²) in [4.78, 5) is 10.3. The molecule has 0 aliphatic heterocycles. The summed E-state index contributed by atoms with van der Waals surface area (Å²) in [6.07, 6.45) is 4.29. The summed E-state index contributed by atoms with van der Waals surface area (Å²) in [6, 6.07) is 0. The predicted octanol–water partition coefficient (Wildman–Crippen LogP) is 0.612. The minimum atomic E-state index is -0.854. The molecular weight excluding hydrogens is 130 g/mol. The van der Waals surface area contributed by atoms with Crippen molar-refractivity contribution in [3.63, 3.8) is 0 Å². The molecule has 0 radical (unpaired) electrons. The lowest BCUT2D eigenvalue weighted by Crippen LogP contribution is -2.20. The first-order valence-corrected chi connectivity index (χ1v) is 3.31. The maximum atomic E-state index is 10.3. The molecule has 3 nitrogen and oxygen atoms in total. The van der Waals surface area contributed by atoms with Crippen molar-refractivity contribution in [3.8, 4) is 0 Å². The van der Waals surface area contributed by atoms with E-state index in [9.17, 15) is 4.79 Å². The zero-order chi connectivity index (χ0) is 7.98. The van der Waals surface area contributed by atoms with Crippen LogP contribution in [0.25, 0.3) is 0 Å². The number of carboxylic acid groups (broad SMARTS) is 1. The van der Waals surface area contributed by atoms with Crippen LogP contribution in [-0.4, -0.2) is 17.6 Å². The average Bonchev–Trinajstić information content (AvgIpc) is 1.89. The van der Waals surface area contributed by atoms with Gasteiger partial charge < -0.3 is 10.8 Å². The van der Waals surface area contributed by atoms with Gasteiger partial charge in [0.05, 0.1) is 5.92 Å². The monoisotopic (exact) mass is 143 g/mol. The van der Waals surface area contributed by atoms with Crippen LogP contribution in [0, 0.1) is 5.92 Å². The fraction of sp³-hybridized carbons (Fsp3) is 0.571. The van der Waals surface area contributed by atoms with E-state index in [-0.39, 0.29) is 6.54 Å². The maximum absolute atomic E-state index is 10.3. The van der Waals surface area contributed by atoms with Gasteiger partial charge in [-0.05, 0) is 6.42 Å². The fourth-order valence-corrected chi connectivity index (χ4v) is 0.562. The SMILES string of the molecule is CCC=CC(CN)C(=O)O. The minimum absolute atomic E-state index is 0.172. The molecule has 0 aromatic carbocycles. The Labute approximate surface area is 60.5 Å². The van der Waals surface area contributed by atoms with Gasteiger partial charge in [0.1, 0.15) is 0 Å². The van der Waals surface area contributed by atoms with E-state index in [1.54, 1.807) is 6.08 Å². The lowest BCUT2D eigenvalue weighted by atomic mass is 10.1. The number of nitrogens with two attached hydrogens (primary N) is 1. The van der Waals surface area contributed by atoms with Crippen molar-refractivity contribution in [2.75, 3.05) is 6.54 Å². The number of rotatable bonds is 4. The molecule has 0 rings (SSSR count). The maximum Gasteiger partial charge on any atom is 0.311 e. The fourth-order valence-electron chi connectivity index (χ4n) is 0.562.